The molecule has 2 aliphatic heterocycles. The highest BCUT2D eigenvalue weighted by Crippen LogP contribution is 2.31. The van der Waals surface area contributed by atoms with Gasteiger partial charge in [-0.05, 0) is 50.4 Å². The Labute approximate surface area is 133 Å². The smallest absolute Gasteiger partial charge is 0.0642 e. The number of fused-ring (bicyclic) bond motifs is 1. The van der Waals surface area contributed by atoms with E-state index in [0.717, 1.165) is 24.5 Å². The molecule has 2 heterocycles. The molecule has 116 valence electrons. The van der Waals surface area contributed by atoms with Crippen molar-refractivity contribution >= 4 is 17.3 Å². The molecule has 21 heavy (non-hydrogen) atoms. The van der Waals surface area contributed by atoms with E-state index in [2.05, 4.69) is 28.0 Å². The van der Waals surface area contributed by atoms with E-state index in [-0.39, 0.29) is 6.04 Å². The summed E-state index contributed by atoms with van der Waals surface area (Å²) < 4.78 is 0. The normalized spacial score (nSPS) is 24.7. The van der Waals surface area contributed by atoms with E-state index < -0.39 is 0 Å². The monoisotopic (exact) mass is 307 g/mol. The molecule has 2 N–H and O–H groups in total. The average molecular weight is 308 g/mol. The van der Waals surface area contributed by atoms with Crippen LogP contribution in [-0.2, 0) is 6.42 Å². The molecule has 0 aromatic heterocycles. The Bertz CT molecular complexity index is 489. The fourth-order valence-electron chi connectivity index (χ4n) is 3.68. The third-order valence-corrected chi connectivity index (χ3v) is 5.05. The van der Waals surface area contributed by atoms with Crippen LogP contribution in [0, 0.1) is 0 Å². The quantitative estimate of drug-likeness (QED) is 0.932. The minimum absolute atomic E-state index is 0.178. The van der Waals surface area contributed by atoms with Crippen molar-refractivity contribution < 1.29 is 0 Å². The van der Waals surface area contributed by atoms with E-state index in [1.165, 1.54) is 43.6 Å². The van der Waals surface area contributed by atoms with Gasteiger partial charge in [-0.25, -0.2) is 0 Å². The first-order valence-corrected chi connectivity index (χ1v) is 8.54. The number of rotatable bonds is 3. The van der Waals surface area contributed by atoms with Gasteiger partial charge in [0.25, 0.3) is 0 Å². The molecule has 2 fully saturated rings. The van der Waals surface area contributed by atoms with Crippen molar-refractivity contribution in [2.45, 2.75) is 44.7 Å². The first-order chi connectivity index (χ1) is 10.1. The maximum Gasteiger partial charge on any atom is 0.0642 e. The van der Waals surface area contributed by atoms with E-state index in [4.69, 9.17) is 17.3 Å². The minimum atomic E-state index is 0.178. The molecule has 4 heteroatoms. The van der Waals surface area contributed by atoms with Crippen LogP contribution >= 0.6 is 11.6 Å². The maximum atomic E-state index is 6.53. The number of nitrogens with two attached hydrogens (primary N) is 1. The lowest BCUT2D eigenvalue weighted by molar-refractivity contribution is 0.133. The molecular formula is C17H26ClN3. The summed E-state index contributed by atoms with van der Waals surface area (Å²) in [4.78, 5) is 5.11. The summed E-state index contributed by atoms with van der Waals surface area (Å²) in [5, 5.41) is 0.873. The summed E-state index contributed by atoms with van der Waals surface area (Å²) in [5.41, 5.74) is 8.29. The Morgan fingerprint density at radius 1 is 1.29 bits per heavy atom. The van der Waals surface area contributed by atoms with Crippen LogP contribution in [-0.4, -0.2) is 43.2 Å². The fraction of sp³-hybridized carbons (Fsp3) is 0.647. The van der Waals surface area contributed by atoms with E-state index in [1.807, 2.05) is 6.92 Å². The van der Waals surface area contributed by atoms with Gasteiger partial charge in [-0.2, -0.15) is 0 Å². The molecule has 0 bridgehead atoms. The van der Waals surface area contributed by atoms with Crippen LogP contribution in [0.15, 0.2) is 18.2 Å². The van der Waals surface area contributed by atoms with E-state index >= 15 is 0 Å². The van der Waals surface area contributed by atoms with Crippen LogP contribution < -0.4 is 10.6 Å². The zero-order valence-corrected chi connectivity index (χ0v) is 13.6. The van der Waals surface area contributed by atoms with Gasteiger partial charge in [0.15, 0.2) is 0 Å². The number of benzene rings is 1. The van der Waals surface area contributed by atoms with Crippen molar-refractivity contribution in [1.29, 1.82) is 0 Å². The largest absolute Gasteiger partial charge is 0.367 e. The molecule has 2 saturated heterocycles. The predicted octanol–water partition coefficient (Wildman–Crippen LogP) is 2.90. The molecular weight excluding hydrogens is 282 g/mol. The van der Waals surface area contributed by atoms with Gasteiger partial charge < -0.3 is 10.6 Å². The molecule has 2 unspecified atom stereocenters. The first kappa shape index (κ1) is 15.1. The molecule has 3 rings (SSSR count). The topological polar surface area (TPSA) is 32.5 Å². The molecule has 2 atom stereocenters. The molecule has 1 aromatic carbocycles. The van der Waals surface area contributed by atoms with Crippen molar-refractivity contribution in [1.82, 2.24) is 4.90 Å². The molecule has 0 spiro atoms. The highest BCUT2D eigenvalue weighted by molar-refractivity contribution is 6.33. The highest BCUT2D eigenvalue weighted by Gasteiger charge is 2.29. The average Bonchev–Trinajstić information content (AvgIpc) is 2.46. The minimum Gasteiger partial charge on any atom is -0.367 e. The maximum absolute atomic E-state index is 6.53. The van der Waals surface area contributed by atoms with Gasteiger partial charge in [-0.15, -0.1) is 0 Å². The van der Waals surface area contributed by atoms with E-state index in [9.17, 15) is 0 Å². The Morgan fingerprint density at radius 3 is 2.90 bits per heavy atom. The summed E-state index contributed by atoms with van der Waals surface area (Å²) in [6.45, 7) is 6.68. The molecule has 0 amide bonds. The Balaban J connectivity index is 1.71. The fourth-order valence-corrected chi connectivity index (χ4v) is 4.00. The van der Waals surface area contributed by atoms with Gasteiger partial charge in [0, 0.05) is 31.7 Å². The lowest BCUT2D eigenvalue weighted by atomic mass is 9.99. The summed E-state index contributed by atoms with van der Waals surface area (Å²) in [5.74, 6) is 0. The van der Waals surface area contributed by atoms with Crippen LogP contribution in [0.4, 0.5) is 5.69 Å². The Kier molecular flexibility index (Phi) is 4.72. The van der Waals surface area contributed by atoms with Crippen LogP contribution in [0.2, 0.25) is 5.02 Å². The Morgan fingerprint density at radius 2 is 2.14 bits per heavy atom. The first-order valence-electron chi connectivity index (χ1n) is 8.16. The second-order valence-corrected chi connectivity index (χ2v) is 7.01. The molecule has 0 radical (unpaired) electrons. The summed E-state index contributed by atoms with van der Waals surface area (Å²) >= 11 is 6.53. The second kappa shape index (κ2) is 6.55. The number of halogens is 1. The summed E-state index contributed by atoms with van der Waals surface area (Å²) in [6, 6.07) is 7.34. The van der Waals surface area contributed by atoms with Crippen LogP contribution in [0.5, 0.6) is 0 Å². The van der Waals surface area contributed by atoms with Gasteiger partial charge in [0.05, 0.1) is 10.7 Å². The molecule has 0 aliphatic carbocycles. The number of nitrogens with zero attached hydrogens (tertiary/aromatic N) is 2. The zero-order chi connectivity index (χ0) is 14.8. The summed E-state index contributed by atoms with van der Waals surface area (Å²) in [7, 11) is 0. The van der Waals surface area contributed by atoms with Gasteiger partial charge in [0.1, 0.15) is 0 Å². The summed E-state index contributed by atoms with van der Waals surface area (Å²) in [6.07, 6.45) is 4.95. The number of hydrogen-bond donors (Lipinski definition) is 1. The molecule has 3 nitrogen and oxygen atoms in total. The van der Waals surface area contributed by atoms with E-state index in [1.54, 1.807) is 0 Å². The third kappa shape index (κ3) is 3.53. The standard InChI is InChI=1S/C17H26ClN3/c1-13(19)10-14-5-6-17(16(18)11-14)21-9-8-20-7-3-2-4-15(20)12-21/h5-6,11,13,15H,2-4,7-10,12,19H2,1H3. The number of piperazine rings is 1. The van der Waals surface area contributed by atoms with E-state index in [0.29, 0.717) is 6.04 Å². The van der Waals surface area contributed by atoms with Crippen molar-refractivity contribution in [2.75, 3.05) is 31.1 Å². The van der Waals surface area contributed by atoms with Gasteiger partial charge in [0.2, 0.25) is 0 Å². The predicted molar refractivity (Wildman–Crippen MR) is 90.2 cm³/mol. The van der Waals surface area contributed by atoms with Crippen molar-refractivity contribution in [2.24, 2.45) is 5.73 Å². The highest BCUT2D eigenvalue weighted by atomic mass is 35.5. The van der Waals surface area contributed by atoms with Crippen LogP contribution in [0.1, 0.15) is 31.7 Å². The van der Waals surface area contributed by atoms with Crippen molar-refractivity contribution in [3.8, 4) is 0 Å². The number of anilines is 1. The lowest BCUT2D eigenvalue weighted by Gasteiger charge is -2.45. The Hall–Kier alpha value is -0.770. The lowest BCUT2D eigenvalue weighted by Crippen LogP contribution is -2.55. The molecule has 2 aliphatic rings. The van der Waals surface area contributed by atoms with Crippen LogP contribution in [0.25, 0.3) is 0 Å². The molecule has 1 aromatic rings. The molecule has 0 saturated carbocycles. The van der Waals surface area contributed by atoms with Gasteiger partial charge >= 0.3 is 0 Å². The number of piperidine rings is 1. The SMILES string of the molecule is CC(N)Cc1ccc(N2CCN3CCCCC3C2)c(Cl)c1. The second-order valence-electron chi connectivity index (χ2n) is 6.60. The zero-order valence-electron chi connectivity index (χ0n) is 12.9. The van der Waals surface area contributed by atoms with Gasteiger partial charge in [-0.3, -0.25) is 4.90 Å². The van der Waals surface area contributed by atoms with Crippen molar-refractivity contribution in [3.63, 3.8) is 0 Å². The van der Waals surface area contributed by atoms with Crippen LogP contribution in [0.3, 0.4) is 0 Å². The number of hydrogen-bond acceptors (Lipinski definition) is 3. The van der Waals surface area contributed by atoms with Gasteiger partial charge in [-0.1, -0.05) is 24.1 Å². The third-order valence-electron chi connectivity index (χ3n) is 4.75. The van der Waals surface area contributed by atoms with Crippen molar-refractivity contribution in [3.05, 3.63) is 28.8 Å².